The molecule has 0 radical (unpaired) electrons. The molecule has 1 unspecified atom stereocenters. The van der Waals surface area contributed by atoms with Gasteiger partial charge >= 0.3 is 0 Å². The van der Waals surface area contributed by atoms with Crippen molar-refractivity contribution < 1.29 is 13.2 Å². The predicted molar refractivity (Wildman–Crippen MR) is 89.3 cm³/mol. The van der Waals surface area contributed by atoms with Gasteiger partial charge in [0.2, 0.25) is 0 Å². The van der Waals surface area contributed by atoms with E-state index in [2.05, 4.69) is 0 Å². The highest BCUT2D eigenvalue weighted by Gasteiger charge is 2.33. The van der Waals surface area contributed by atoms with E-state index < -0.39 is 9.84 Å². The maximum atomic E-state index is 12.7. The Labute approximate surface area is 136 Å². The van der Waals surface area contributed by atoms with Crippen molar-refractivity contribution in [1.29, 1.82) is 0 Å². The summed E-state index contributed by atoms with van der Waals surface area (Å²) < 4.78 is 23.2. The Hall–Kier alpha value is -0.880. The van der Waals surface area contributed by atoms with Gasteiger partial charge < -0.3 is 4.90 Å². The van der Waals surface area contributed by atoms with Crippen molar-refractivity contribution in [1.82, 2.24) is 4.90 Å². The van der Waals surface area contributed by atoms with E-state index in [1.807, 2.05) is 6.07 Å². The molecule has 3 rings (SSSR count). The molecule has 1 fully saturated rings. The fourth-order valence-electron chi connectivity index (χ4n) is 3.37. The van der Waals surface area contributed by atoms with Crippen LogP contribution in [0.5, 0.6) is 0 Å². The first kappa shape index (κ1) is 16.0. The fraction of sp³-hybridized carbons (Fsp3) is 0.688. The zero-order valence-electron chi connectivity index (χ0n) is 13.0. The molecule has 0 bridgehead atoms. The first-order valence-corrected chi connectivity index (χ1v) is 10.7. The number of carbonyl (C=O) groups is 1. The second-order valence-electron chi connectivity index (χ2n) is 6.45. The SMILES string of the molecule is CN(C(=O)c1cc2c(s1)CCCCCC2)C1CCS(=O)(=O)C1. The molecule has 1 saturated heterocycles. The van der Waals surface area contributed by atoms with Gasteiger partial charge in [-0.1, -0.05) is 12.8 Å². The van der Waals surface area contributed by atoms with Gasteiger partial charge in [0, 0.05) is 18.0 Å². The number of hydrogen-bond donors (Lipinski definition) is 0. The third-order valence-corrected chi connectivity index (χ3v) is 7.76. The highest BCUT2D eigenvalue weighted by Crippen LogP contribution is 2.30. The lowest BCUT2D eigenvalue weighted by Gasteiger charge is -2.22. The van der Waals surface area contributed by atoms with Crippen LogP contribution in [0.1, 0.15) is 52.2 Å². The molecule has 2 heterocycles. The quantitative estimate of drug-likeness (QED) is 0.831. The molecule has 1 aromatic rings. The maximum absolute atomic E-state index is 12.7. The number of thiophene rings is 1. The van der Waals surface area contributed by atoms with Crippen LogP contribution in [-0.4, -0.2) is 43.8 Å². The minimum Gasteiger partial charge on any atom is -0.337 e. The summed E-state index contributed by atoms with van der Waals surface area (Å²) in [6.45, 7) is 0. The number of carbonyl (C=O) groups excluding carboxylic acids is 1. The number of hydrogen-bond acceptors (Lipinski definition) is 4. The number of fused-ring (bicyclic) bond motifs is 1. The summed E-state index contributed by atoms with van der Waals surface area (Å²) in [4.78, 5) is 16.4. The Morgan fingerprint density at radius 2 is 1.95 bits per heavy atom. The highest BCUT2D eigenvalue weighted by atomic mass is 32.2. The fourth-order valence-corrected chi connectivity index (χ4v) is 6.38. The lowest BCUT2D eigenvalue weighted by molar-refractivity contribution is 0.0752. The number of amides is 1. The third kappa shape index (κ3) is 3.38. The first-order valence-electron chi connectivity index (χ1n) is 8.05. The zero-order chi connectivity index (χ0) is 15.7. The third-order valence-electron chi connectivity index (χ3n) is 4.78. The summed E-state index contributed by atoms with van der Waals surface area (Å²) in [6.07, 6.45) is 7.68. The molecule has 1 aromatic heterocycles. The molecular formula is C16H23NO3S2. The van der Waals surface area contributed by atoms with E-state index in [9.17, 15) is 13.2 Å². The van der Waals surface area contributed by atoms with Crippen molar-refractivity contribution in [3.63, 3.8) is 0 Å². The molecule has 6 heteroatoms. The van der Waals surface area contributed by atoms with Crippen molar-refractivity contribution in [3.8, 4) is 0 Å². The summed E-state index contributed by atoms with van der Waals surface area (Å²) in [7, 11) is -1.22. The van der Waals surface area contributed by atoms with Gasteiger partial charge in [0.05, 0.1) is 16.4 Å². The van der Waals surface area contributed by atoms with Gasteiger partial charge in [-0.15, -0.1) is 11.3 Å². The Morgan fingerprint density at radius 1 is 1.23 bits per heavy atom. The van der Waals surface area contributed by atoms with E-state index in [-0.39, 0.29) is 23.5 Å². The van der Waals surface area contributed by atoms with E-state index in [0.29, 0.717) is 6.42 Å². The van der Waals surface area contributed by atoms with Gasteiger partial charge in [0.25, 0.3) is 5.91 Å². The summed E-state index contributed by atoms with van der Waals surface area (Å²) in [6, 6.07) is 1.88. The van der Waals surface area contributed by atoms with Crippen molar-refractivity contribution in [2.75, 3.05) is 18.6 Å². The monoisotopic (exact) mass is 341 g/mol. The molecule has 1 aliphatic heterocycles. The van der Waals surface area contributed by atoms with Gasteiger partial charge in [-0.3, -0.25) is 4.79 Å². The summed E-state index contributed by atoms with van der Waals surface area (Å²) in [5.74, 6) is 0.301. The molecule has 0 N–H and O–H groups in total. The Bertz CT molecular complexity index is 637. The van der Waals surface area contributed by atoms with Crippen LogP contribution in [0.3, 0.4) is 0 Å². The molecule has 2 aliphatic rings. The molecule has 122 valence electrons. The molecular weight excluding hydrogens is 318 g/mol. The van der Waals surface area contributed by atoms with Gasteiger partial charge in [-0.05, 0) is 43.7 Å². The summed E-state index contributed by atoms with van der Waals surface area (Å²) in [5, 5.41) is 0. The van der Waals surface area contributed by atoms with Gasteiger partial charge in [0.15, 0.2) is 9.84 Å². The molecule has 1 aliphatic carbocycles. The molecule has 0 spiro atoms. The molecule has 0 aromatic carbocycles. The van der Waals surface area contributed by atoms with E-state index in [1.54, 1.807) is 23.3 Å². The number of rotatable bonds is 2. The second-order valence-corrected chi connectivity index (χ2v) is 9.81. The number of sulfone groups is 1. The van der Waals surface area contributed by atoms with Gasteiger partial charge in [0.1, 0.15) is 0 Å². The number of aryl methyl sites for hydroxylation is 2. The van der Waals surface area contributed by atoms with Gasteiger partial charge in [-0.2, -0.15) is 0 Å². The van der Waals surface area contributed by atoms with Crippen LogP contribution in [0.4, 0.5) is 0 Å². The van der Waals surface area contributed by atoms with Crippen molar-refractivity contribution in [2.45, 2.75) is 51.0 Å². The van der Waals surface area contributed by atoms with Crippen LogP contribution >= 0.6 is 11.3 Å². The Kier molecular flexibility index (Phi) is 4.59. The standard InChI is InChI=1S/C16H23NO3S2/c1-17(13-8-9-22(19,20)11-13)16(18)15-10-12-6-4-2-3-5-7-14(12)21-15/h10,13H,2-9,11H2,1H3. The van der Waals surface area contributed by atoms with E-state index >= 15 is 0 Å². The Morgan fingerprint density at radius 3 is 2.64 bits per heavy atom. The lowest BCUT2D eigenvalue weighted by Crippen LogP contribution is -2.37. The molecule has 1 atom stereocenters. The van der Waals surface area contributed by atoms with E-state index in [0.717, 1.165) is 17.7 Å². The minimum atomic E-state index is -2.96. The average molecular weight is 341 g/mol. The maximum Gasteiger partial charge on any atom is 0.263 e. The number of nitrogens with zero attached hydrogens (tertiary/aromatic N) is 1. The predicted octanol–water partition coefficient (Wildman–Crippen LogP) is 2.67. The topological polar surface area (TPSA) is 54.5 Å². The van der Waals surface area contributed by atoms with Crippen LogP contribution in [-0.2, 0) is 22.7 Å². The molecule has 4 nitrogen and oxygen atoms in total. The zero-order valence-corrected chi connectivity index (χ0v) is 14.6. The lowest BCUT2D eigenvalue weighted by atomic mass is 10.00. The van der Waals surface area contributed by atoms with Crippen LogP contribution < -0.4 is 0 Å². The van der Waals surface area contributed by atoms with E-state index in [1.165, 1.54) is 36.1 Å². The largest absolute Gasteiger partial charge is 0.337 e. The average Bonchev–Trinajstić information content (AvgIpc) is 3.00. The molecule has 22 heavy (non-hydrogen) atoms. The van der Waals surface area contributed by atoms with Crippen LogP contribution in [0, 0.1) is 0 Å². The first-order chi connectivity index (χ1) is 10.5. The summed E-state index contributed by atoms with van der Waals surface area (Å²) >= 11 is 1.61. The summed E-state index contributed by atoms with van der Waals surface area (Å²) in [5.41, 5.74) is 1.33. The van der Waals surface area contributed by atoms with Crippen LogP contribution in [0.25, 0.3) is 0 Å². The van der Waals surface area contributed by atoms with Crippen LogP contribution in [0.2, 0.25) is 0 Å². The normalized spacial score (nSPS) is 24.3. The second kappa shape index (κ2) is 6.32. The van der Waals surface area contributed by atoms with Crippen molar-refractivity contribution >= 4 is 27.1 Å². The Balaban J connectivity index is 1.76. The smallest absolute Gasteiger partial charge is 0.263 e. The molecule has 1 amide bonds. The van der Waals surface area contributed by atoms with Crippen molar-refractivity contribution in [2.24, 2.45) is 0 Å². The highest BCUT2D eigenvalue weighted by molar-refractivity contribution is 7.91. The van der Waals surface area contributed by atoms with E-state index in [4.69, 9.17) is 0 Å². The van der Waals surface area contributed by atoms with Gasteiger partial charge in [-0.25, -0.2) is 8.42 Å². The minimum absolute atomic E-state index is 0.0150. The van der Waals surface area contributed by atoms with Crippen molar-refractivity contribution in [3.05, 3.63) is 21.4 Å². The molecule has 0 saturated carbocycles. The van der Waals surface area contributed by atoms with Crippen LogP contribution in [0.15, 0.2) is 6.07 Å².